The molecule has 0 aliphatic carbocycles. The van der Waals surface area contributed by atoms with Gasteiger partial charge in [-0.05, 0) is 60.0 Å². The normalized spacial score (nSPS) is 12.4. The van der Waals surface area contributed by atoms with E-state index in [0.29, 0.717) is 24.9 Å². The van der Waals surface area contributed by atoms with Gasteiger partial charge >= 0.3 is 6.18 Å². The number of rotatable bonds is 8. The maximum atomic E-state index is 12.6. The molecule has 0 spiro atoms. The van der Waals surface area contributed by atoms with Gasteiger partial charge in [0, 0.05) is 30.9 Å². The van der Waals surface area contributed by atoms with Gasteiger partial charge in [-0.15, -0.1) is 0 Å². The molecule has 156 valence electrons. The van der Waals surface area contributed by atoms with Crippen molar-refractivity contribution in [3.05, 3.63) is 89.7 Å². The molecule has 1 aromatic heterocycles. The van der Waals surface area contributed by atoms with Crippen LogP contribution in [0.3, 0.4) is 0 Å². The summed E-state index contributed by atoms with van der Waals surface area (Å²) in [6.07, 6.45) is 0.347. The Bertz CT molecular complexity index is 1010. The molecule has 0 bridgehead atoms. The summed E-state index contributed by atoms with van der Waals surface area (Å²) in [5.74, 6) is 0.105. The third-order valence-corrected chi connectivity index (χ3v) is 5.50. The first-order chi connectivity index (χ1) is 14.3. The Hall–Kier alpha value is -3.00. The van der Waals surface area contributed by atoms with Crippen molar-refractivity contribution in [2.75, 3.05) is 4.72 Å². The fourth-order valence-corrected chi connectivity index (χ4v) is 3.62. The predicted molar refractivity (Wildman–Crippen MR) is 109 cm³/mol. The maximum Gasteiger partial charge on any atom is 0.416 e. The molecule has 1 heterocycles. The second kappa shape index (κ2) is 9.67. The number of aryl methyl sites for hydroxylation is 1. The SMILES string of the molecule is O=C(CCc1cccnc1)Cc1ccc(NS(=O)c2ccc(C(F)(F)F)cc2)cc1. The van der Waals surface area contributed by atoms with E-state index in [9.17, 15) is 22.2 Å². The fourth-order valence-electron chi connectivity index (χ4n) is 2.77. The van der Waals surface area contributed by atoms with Crippen molar-refractivity contribution in [1.29, 1.82) is 0 Å². The molecular weight excluding hydrogens is 413 g/mol. The van der Waals surface area contributed by atoms with Gasteiger partial charge in [0.15, 0.2) is 0 Å². The Morgan fingerprint density at radius 3 is 2.27 bits per heavy atom. The van der Waals surface area contributed by atoms with E-state index in [1.165, 1.54) is 12.1 Å². The summed E-state index contributed by atoms with van der Waals surface area (Å²) < 4.78 is 52.9. The molecule has 0 fully saturated rings. The summed E-state index contributed by atoms with van der Waals surface area (Å²) in [4.78, 5) is 16.4. The van der Waals surface area contributed by atoms with Crippen LogP contribution in [0.4, 0.5) is 18.9 Å². The van der Waals surface area contributed by atoms with E-state index in [1.807, 2.05) is 12.1 Å². The molecule has 0 amide bonds. The number of benzene rings is 2. The molecule has 1 atom stereocenters. The molecule has 3 aromatic rings. The van der Waals surface area contributed by atoms with Crippen molar-refractivity contribution in [1.82, 2.24) is 4.98 Å². The van der Waals surface area contributed by atoms with Crippen molar-refractivity contribution in [2.24, 2.45) is 0 Å². The van der Waals surface area contributed by atoms with Crippen molar-refractivity contribution in [3.63, 3.8) is 0 Å². The van der Waals surface area contributed by atoms with E-state index >= 15 is 0 Å². The standard InChI is InChI=1S/C22H19F3N2O2S/c23-22(24,25)18-6-11-21(12-7-18)30(29)27-19-8-3-16(4-9-19)14-20(28)10-5-17-2-1-13-26-15-17/h1-4,6-9,11-13,15,27H,5,10,14H2. The first-order valence-electron chi connectivity index (χ1n) is 9.16. The number of aromatic nitrogens is 1. The van der Waals surface area contributed by atoms with Gasteiger partial charge < -0.3 is 4.72 Å². The monoisotopic (exact) mass is 432 g/mol. The van der Waals surface area contributed by atoms with E-state index in [-0.39, 0.29) is 10.7 Å². The lowest BCUT2D eigenvalue weighted by atomic mass is 10.0. The van der Waals surface area contributed by atoms with Crippen molar-refractivity contribution >= 4 is 22.5 Å². The van der Waals surface area contributed by atoms with Crippen LogP contribution in [-0.4, -0.2) is 15.0 Å². The number of ketones is 1. The van der Waals surface area contributed by atoms with Crippen molar-refractivity contribution < 1.29 is 22.2 Å². The number of carbonyl (C=O) groups excluding carboxylic acids is 1. The Labute approximate surface area is 174 Å². The van der Waals surface area contributed by atoms with Crippen LogP contribution in [0, 0.1) is 0 Å². The topological polar surface area (TPSA) is 59.1 Å². The zero-order valence-corrected chi connectivity index (χ0v) is 16.7. The molecule has 2 aromatic carbocycles. The molecule has 8 heteroatoms. The summed E-state index contributed by atoms with van der Waals surface area (Å²) >= 11 is 0. The number of nitrogens with zero attached hydrogens (tertiary/aromatic N) is 1. The van der Waals surface area contributed by atoms with Crippen LogP contribution < -0.4 is 4.72 Å². The largest absolute Gasteiger partial charge is 0.416 e. The highest BCUT2D eigenvalue weighted by Gasteiger charge is 2.30. The minimum Gasteiger partial charge on any atom is -0.301 e. The van der Waals surface area contributed by atoms with Crippen LogP contribution >= 0.6 is 0 Å². The lowest BCUT2D eigenvalue weighted by Gasteiger charge is -2.09. The summed E-state index contributed by atoms with van der Waals surface area (Å²) in [5, 5.41) is 0. The number of hydrogen-bond acceptors (Lipinski definition) is 3. The molecule has 30 heavy (non-hydrogen) atoms. The third-order valence-electron chi connectivity index (χ3n) is 4.38. The zero-order valence-electron chi connectivity index (χ0n) is 15.9. The average Bonchev–Trinajstić information content (AvgIpc) is 2.74. The van der Waals surface area contributed by atoms with Crippen LogP contribution in [-0.2, 0) is 34.8 Å². The van der Waals surface area contributed by atoms with E-state index in [2.05, 4.69) is 9.71 Å². The highest BCUT2D eigenvalue weighted by Crippen LogP contribution is 2.29. The summed E-state index contributed by atoms with van der Waals surface area (Å²) in [7, 11) is -1.70. The fraction of sp³-hybridized carbons (Fsp3) is 0.182. The van der Waals surface area contributed by atoms with Gasteiger partial charge in [0.25, 0.3) is 0 Å². The highest BCUT2D eigenvalue weighted by atomic mass is 32.2. The van der Waals surface area contributed by atoms with Crippen LogP contribution in [0.1, 0.15) is 23.1 Å². The van der Waals surface area contributed by atoms with Crippen molar-refractivity contribution in [2.45, 2.75) is 30.3 Å². The van der Waals surface area contributed by atoms with Gasteiger partial charge in [-0.1, -0.05) is 18.2 Å². The number of alkyl halides is 3. The first-order valence-corrected chi connectivity index (χ1v) is 10.3. The molecule has 4 nitrogen and oxygen atoms in total. The second-order valence-corrected chi connectivity index (χ2v) is 7.88. The molecular formula is C22H19F3N2O2S. The maximum absolute atomic E-state index is 12.6. The quantitative estimate of drug-likeness (QED) is 0.546. The van der Waals surface area contributed by atoms with Crippen LogP contribution in [0.15, 0.2) is 78.0 Å². The number of hydrogen-bond donors (Lipinski definition) is 1. The second-order valence-electron chi connectivity index (χ2n) is 6.67. The zero-order chi connectivity index (χ0) is 21.6. The third kappa shape index (κ3) is 6.25. The lowest BCUT2D eigenvalue weighted by molar-refractivity contribution is -0.137. The lowest BCUT2D eigenvalue weighted by Crippen LogP contribution is -2.08. The Kier molecular flexibility index (Phi) is 6.99. The Morgan fingerprint density at radius 1 is 0.967 bits per heavy atom. The summed E-state index contributed by atoms with van der Waals surface area (Å²) in [6, 6.07) is 14.8. The number of carbonyl (C=O) groups is 1. The van der Waals surface area contributed by atoms with Gasteiger partial charge in [0.05, 0.1) is 10.5 Å². The number of halogens is 3. The number of anilines is 1. The molecule has 0 aliphatic heterocycles. The van der Waals surface area contributed by atoms with Gasteiger partial charge in [-0.3, -0.25) is 9.78 Å². The Balaban J connectivity index is 1.52. The molecule has 0 saturated heterocycles. The molecule has 0 radical (unpaired) electrons. The molecule has 1 unspecified atom stereocenters. The number of pyridine rings is 1. The first kappa shape index (κ1) is 21.7. The Morgan fingerprint density at radius 2 is 1.67 bits per heavy atom. The van der Waals surface area contributed by atoms with Gasteiger partial charge in [0.1, 0.15) is 16.8 Å². The van der Waals surface area contributed by atoms with Crippen LogP contribution in [0.2, 0.25) is 0 Å². The van der Waals surface area contributed by atoms with E-state index in [0.717, 1.165) is 23.3 Å². The molecule has 3 rings (SSSR count). The molecule has 0 aliphatic rings. The summed E-state index contributed by atoms with van der Waals surface area (Å²) in [5.41, 5.74) is 1.59. The van der Waals surface area contributed by atoms with E-state index < -0.39 is 22.7 Å². The number of nitrogens with one attached hydrogen (secondary N) is 1. The molecule has 0 saturated carbocycles. The number of Topliss-reactive ketones (excluding diaryl/α,β-unsaturated/α-hetero) is 1. The van der Waals surface area contributed by atoms with E-state index in [4.69, 9.17) is 0 Å². The predicted octanol–water partition coefficient (Wildman–Crippen LogP) is 4.98. The van der Waals surface area contributed by atoms with Gasteiger partial charge in [-0.25, -0.2) is 4.21 Å². The minimum atomic E-state index is -4.43. The molecule has 1 N–H and O–H groups in total. The summed E-state index contributed by atoms with van der Waals surface area (Å²) in [6.45, 7) is 0. The van der Waals surface area contributed by atoms with Crippen molar-refractivity contribution in [3.8, 4) is 0 Å². The van der Waals surface area contributed by atoms with Crippen LogP contribution in [0.25, 0.3) is 0 Å². The average molecular weight is 432 g/mol. The highest BCUT2D eigenvalue weighted by molar-refractivity contribution is 7.86. The van der Waals surface area contributed by atoms with Crippen LogP contribution in [0.5, 0.6) is 0 Å². The van der Waals surface area contributed by atoms with E-state index in [1.54, 1.807) is 36.7 Å². The smallest absolute Gasteiger partial charge is 0.301 e. The minimum absolute atomic E-state index is 0.105. The van der Waals surface area contributed by atoms with Gasteiger partial charge in [0.2, 0.25) is 0 Å². The van der Waals surface area contributed by atoms with Gasteiger partial charge in [-0.2, -0.15) is 13.2 Å².